The van der Waals surface area contributed by atoms with Gasteiger partial charge >= 0.3 is 0 Å². The summed E-state index contributed by atoms with van der Waals surface area (Å²) in [6.45, 7) is 4.33. The minimum atomic E-state index is 0.0355. The Morgan fingerprint density at radius 2 is 2.24 bits per heavy atom. The maximum absolute atomic E-state index is 11.7. The number of thiophene rings is 1. The molecule has 3 nitrogen and oxygen atoms in total. The Balaban J connectivity index is 1.63. The smallest absolute Gasteiger partial charge is 0.252 e. The monoisotopic (exact) mass is 316 g/mol. The van der Waals surface area contributed by atoms with Gasteiger partial charge in [0.25, 0.3) is 5.91 Å². The van der Waals surface area contributed by atoms with Gasteiger partial charge in [-0.2, -0.15) is 0 Å². The number of rotatable bonds is 5. The highest BCUT2D eigenvalue weighted by atomic mass is 79.9. The number of hydrogen-bond acceptors (Lipinski definition) is 3. The third kappa shape index (κ3) is 4.08. The minimum absolute atomic E-state index is 0.0355. The molecular weight excluding hydrogens is 300 g/mol. The van der Waals surface area contributed by atoms with E-state index in [0.29, 0.717) is 0 Å². The molecule has 2 rings (SSSR count). The fourth-order valence-corrected chi connectivity index (χ4v) is 3.18. The standard InChI is InChI=1S/C12H17BrN2OS/c13-11-8-10(9-17-11)12(16)14-4-3-7-15-5-1-2-6-15/h8-9H,1-7H2,(H,14,16). The Hall–Kier alpha value is -0.390. The average Bonchev–Trinajstić information content (AvgIpc) is 2.95. The molecule has 1 N–H and O–H groups in total. The van der Waals surface area contributed by atoms with Gasteiger partial charge in [0.15, 0.2) is 0 Å². The van der Waals surface area contributed by atoms with E-state index in [2.05, 4.69) is 26.1 Å². The van der Waals surface area contributed by atoms with Crippen molar-refractivity contribution in [3.8, 4) is 0 Å². The number of nitrogens with one attached hydrogen (secondary N) is 1. The van der Waals surface area contributed by atoms with Crippen molar-refractivity contribution in [1.82, 2.24) is 10.2 Å². The molecule has 1 amide bonds. The Labute approximate surface area is 114 Å². The quantitative estimate of drug-likeness (QED) is 0.847. The van der Waals surface area contributed by atoms with Gasteiger partial charge in [-0.25, -0.2) is 0 Å². The van der Waals surface area contributed by atoms with Gasteiger partial charge in [0.2, 0.25) is 0 Å². The summed E-state index contributed by atoms with van der Waals surface area (Å²) >= 11 is 4.90. The van der Waals surface area contributed by atoms with Gasteiger partial charge < -0.3 is 10.2 Å². The van der Waals surface area contributed by atoms with Gasteiger partial charge in [-0.15, -0.1) is 11.3 Å². The zero-order valence-corrected chi connectivity index (χ0v) is 12.1. The summed E-state index contributed by atoms with van der Waals surface area (Å²) < 4.78 is 1.000. The highest BCUT2D eigenvalue weighted by Gasteiger charge is 2.11. The van der Waals surface area contributed by atoms with Crippen molar-refractivity contribution in [2.75, 3.05) is 26.2 Å². The van der Waals surface area contributed by atoms with Gasteiger partial charge in [0, 0.05) is 11.9 Å². The number of likely N-dealkylation sites (tertiary alicyclic amines) is 1. The molecule has 1 fully saturated rings. The van der Waals surface area contributed by atoms with Crippen molar-refractivity contribution >= 4 is 33.2 Å². The van der Waals surface area contributed by atoms with Crippen LogP contribution in [0.1, 0.15) is 29.6 Å². The predicted molar refractivity (Wildman–Crippen MR) is 74.6 cm³/mol. The fourth-order valence-electron chi connectivity index (χ4n) is 2.04. The molecule has 0 spiro atoms. The fraction of sp³-hybridized carbons (Fsp3) is 0.583. The van der Waals surface area contributed by atoms with Crippen LogP contribution in [0.5, 0.6) is 0 Å². The lowest BCUT2D eigenvalue weighted by atomic mass is 10.3. The second-order valence-electron chi connectivity index (χ2n) is 4.30. The zero-order chi connectivity index (χ0) is 12.1. The van der Waals surface area contributed by atoms with Crippen LogP contribution >= 0.6 is 27.3 Å². The molecule has 0 radical (unpaired) electrons. The normalized spacial score (nSPS) is 16.3. The first kappa shape index (κ1) is 13.1. The summed E-state index contributed by atoms with van der Waals surface area (Å²) in [7, 11) is 0. The largest absolute Gasteiger partial charge is 0.352 e. The van der Waals surface area contributed by atoms with Gasteiger partial charge in [-0.1, -0.05) is 0 Å². The Bertz CT molecular complexity index is 374. The van der Waals surface area contributed by atoms with Crippen molar-refractivity contribution < 1.29 is 4.79 Å². The average molecular weight is 317 g/mol. The molecule has 1 aromatic heterocycles. The Morgan fingerprint density at radius 3 is 2.88 bits per heavy atom. The van der Waals surface area contributed by atoms with Crippen LogP contribution in [0.15, 0.2) is 15.2 Å². The molecule has 1 aliphatic heterocycles. The van der Waals surface area contributed by atoms with Gasteiger partial charge in [0.1, 0.15) is 0 Å². The number of hydrogen-bond donors (Lipinski definition) is 1. The number of carbonyl (C=O) groups excluding carboxylic acids is 1. The number of nitrogens with zero attached hydrogens (tertiary/aromatic N) is 1. The van der Waals surface area contributed by atoms with Crippen molar-refractivity contribution in [3.63, 3.8) is 0 Å². The lowest BCUT2D eigenvalue weighted by Gasteiger charge is -2.14. The molecule has 94 valence electrons. The van der Waals surface area contributed by atoms with Crippen LogP contribution in [0.4, 0.5) is 0 Å². The maximum Gasteiger partial charge on any atom is 0.252 e. The van der Waals surface area contributed by atoms with Crippen LogP contribution in [-0.2, 0) is 0 Å². The SMILES string of the molecule is O=C(NCCCN1CCCC1)c1csc(Br)c1. The van der Waals surface area contributed by atoms with Crippen molar-refractivity contribution in [2.45, 2.75) is 19.3 Å². The first-order valence-corrected chi connectivity index (χ1v) is 7.67. The van der Waals surface area contributed by atoms with Crippen LogP contribution in [0.2, 0.25) is 0 Å². The molecule has 5 heteroatoms. The molecule has 1 saturated heterocycles. The molecule has 2 heterocycles. The molecule has 0 unspecified atom stereocenters. The van der Waals surface area contributed by atoms with E-state index in [0.717, 1.165) is 28.9 Å². The molecule has 0 aliphatic carbocycles. The lowest BCUT2D eigenvalue weighted by molar-refractivity contribution is 0.0952. The van der Waals surface area contributed by atoms with E-state index in [9.17, 15) is 4.79 Å². The number of amides is 1. The molecule has 17 heavy (non-hydrogen) atoms. The number of halogens is 1. The Morgan fingerprint density at radius 1 is 1.47 bits per heavy atom. The Kier molecular flexibility index (Phi) is 5.00. The predicted octanol–water partition coefficient (Wildman–Crippen LogP) is 2.73. The first-order valence-electron chi connectivity index (χ1n) is 6.00. The van der Waals surface area contributed by atoms with Crippen LogP contribution in [0.3, 0.4) is 0 Å². The highest BCUT2D eigenvalue weighted by Crippen LogP contribution is 2.20. The van der Waals surface area contributed by atoms with Crippen molar-refractivity contribution in [1.29, 1.82) is 0 Å². The molecule has 1 aromatic rings. The van der Waals surface area contributed by atoms with E-state index in [4.69, 9.17) is 0 Å². The van der Waals surface area contributed by atoms with E-state index >= 15 is 0 Å². The maximum atomic E-state index is 11.7. The summed E-state index contributed by atoms with van der Waals surface area (Å²) in [5.74, 6) is 0.0355. The summed E-state index contributed by atoms with van der Waals surface area (Å²) in [5, 5.41) is 4.83. The molecule has 1 aliphatic rings. The highest BCUT2D eigenvalue weighted by molar-refractivity contribution is 9.11. The molecule has 0 saturated carbocycles. The second kappa shape index (κ2) is 6.52. The summed E-state index contributed by atoms with van der Waals surface area (Å²) in [6, 6.07) is 1.86. The van der Waals surface area contributed by atoms with Crippen molar-refractivity contribution in [3.05, 3.63) is 20.8 Å². The lowest BCUT2D eigenvalue weighted by Crippen LogP contribution is -2.28. The van der Waals surface area contributed by atoms with Gasteiger partial charge in [0.05, 0.1) is 9.35 Å². The molecular formula is C12H17BrN2OS. The van der Waals surface area contributed by atoms with Gasteiger partial charge in [-0.3, -0.25) is 4.79 Å². The first-order chi connectivity index (χ1) is 8.25. The third-order valence-electron chi connectivity index (χ3n) is 2.97. The topological polar surface area (TPSA) is 32.3 Å². The van der Waals surface area contributed by atoms with Crippen LogP contribution < -0.4 is 5.32 Å². The van der Waals surface area contributed by atoms with Crippen LogP contribution in [-0.4, -0.2) is 37.0 Å². The van der Waals surface area contributed by atoms with E-state index in [-0.39, 0.29) is 5.91 Å². The minimum Gasteiger partial charge on any atom is -0.352 e. The van der Waals surface area contributed by atoms with E-state index < -0.39 is 0 Å². The third-order valence-corrected chi connectivity index (χ3v) is 4.47. The number of carbonyl (C=O) groups is 1. The van der Waals surface area contributed by atoms with Crippen LogP contribution in [0, 0.1) is 0 Å². The molecule has 0 atom stereocenters. The molecule has 0 bridgehead atoms. The zero-order valence-electron chi connectivity index (χ0n) is 9.75. The van der Waals surface area contributed by atoms with E-state index in [1.807, 2.05) is 11.4 Å². The van der Waals surface area contributed by atoms with E-state index in [1.54, 1.807) is 0 Å². The van der Waals surface area contributed by atoms with E-state index in [1.165, 1.54) is 37.3 Å². The molecule has 0 aromatic carbocycles. The summed E-state index contributed by atoms with van der Waals surface area (Å²) in [5.41, 5.74) is 0.753. The summed E-state index contributed by atoms with van der Waals surface area (Å²) in [4.78, 5) is 14.2. The second-order valence-corrected chi connectivity index (χ2v) is 6.59. The van der Waals surface area contributed by atoms with Gasteiger partial charge in [-0.05, 0) is 60.9 Å². The summed E-state index contributed by atoms with van der Waals surface area (Å²) in [6.07, 6.45) is 3.70. The van der Waals surface area contributed by atoms with Crippen molar-refractivity contribution in [2.24, 2.45) is 0 Å². The van der Waals surface area contributed by atoms with Crippen LogP contribution in [0.25, 0.3) is 0 Å².